The highest BCUT2D eigenvalue weighted by Gasteiger charge is 2.22. The van der Waals surface area contributed by atoms with Crippen molar-refractivity contribution in [1.82, 2.24) is 16.0 Å². The number of fused-ring (bicyclic) bond motifs is 1. The fraction of sp³-hybridized carbons (Fsp3) is 0.474. The fourth-order valence-corrected chi connectivity index (χ4v) is 3.72. The van der Waals surface area contributed by atoms with E-state index in [0.717, 1.165) is 29.5 Å². The number of hydrogen-bond acceptors (Lipinski definition) is 4. The molecule has 1 aliphatic carbocycles. The van der Waals surface area contributed by atoms with E-state index in [1.54, 1.807) is 18.4 Å². The molecule has 8 heteroatoms. The molecule has 1 saturated carbocycles. The van der Waals surface area contributed by atoms with E-state index < -0.39 is 6.10 Å². The van der Waals surface area contributed by atoms with Crippen LogP contribution in [0.25, 0.3) is 10.1 Å². The molecule has 1 aromatic carbocycles. The molecule has 148 valence electrons. The minimum absolute atomic E-state index is 0. The Bertz CT molecular complexity index is 743. The first kappa shape index (κ1) is 21.9. The molecule has 0 bridgehead atoms. The number of nitrogens with zero attached hydrogens (tertiary/aromatic N) is 1. The first-order valence-electron chi connectivity index (χ1n) is 9.06. The second-order valence-corrected chi connectivity index (χ2v) is 7.64. The van der Waals surface area contributed by atoms with Crippen LogP contribution in [0.15, 0.2) is 35.3 Å². The van der Waals surface area contributed by atoms with Crippen LogP contribution in [0.2, 0.25) is 0 Å². The predicted molar refractivity (Wildman–Crippen MR) is 122 cm³/mol. The van der Waals surface area contributed by atoms with Gasteiger partial charge in [-0.3, -0.25) is 9.79 Å². The number of halogens is 1. The summed E-state index contributed by atoms with van der Waals surface area (Å²) in [7, 11) is 1.70. The lowest BCUT2D eigenvalue weighted by atomic mass is 10.2. The molecule has 27 heavy (non-hydrogen) atoms. The van der Waals surface area contributed by atoms with Gasteiger partial charge in [0.1, 0.15) is 6.10 Å². The third-order valence-corrected chi connectivity index (χ3v) is 5.49. The van der Waals surface area contributed by atoms with Crippen LogP contribution in [0.4, 0.5) is 0 Å². The minimum atomic E-state index is -0.588. The second-order valence-electron chi connectivity index (χ2n) is 6.53. The summed E-state index contributed by atoms with van der Waals surface area (Å²) >= 11 is 1.60. The normalized spacial score (nSPS) is 15.1. The van der Waals surface area contributed by atoms with Crippen molar-refractivity contribution < 1.29 is 9.90 Å². The molecule has 0 aliphatic heterocycles. The van der Waals surface area contributed by atoms with Gasteiger partial charge in [-0.25, -0.2) is 0 Å². The zero-order valence-electron chi connectivity index (χ0n) is 15.4. The third kappa shape index (κ3) is 6.93. The number of aliphatic imine (C=N–C) groups is 1. The third-order valence-electron chi connectivity index (χ3n) is 4.27. The van der Waals surface area contributed by atoms with Crippen LogP contribution in [0.5, 0.6) is 0 Å². The lowest BCUT2D eigenvalue weighted by Gasteiger charge is -2.14. The summed E-state index contributed by atoms with van der Waals surface area (Å²) in [6, 6.07) is 10.6. The number of hydrogen-bond donors (Lipinski definition) is 4. The van der Waals surface area contributed by atoms with E-state index in [0.29, 0.717) is 31.5 Å². The summed E-state index contributed by atoms with van der Waals surface area (Å²) in [6.07, 6.45) is 2.91. The Kier molecular flexibility index (Phi) is 8.78. The van der Waals surface area contributed by atoms with Crippen molar-refractivity contribution in [3.63, 3.8) is 0 Å². The van der Waals surface area contributed by atoms with Crippen LogP contribution < -0.4 is 16.0 Å². The van der Waals surface area contributed by atoms with Crippen molar-refractivity contribution >= 4 is 57.3 Å². The van der Waals surface area contributed by atoms with E-state index in [9.17, 15) is 9.90 Å². The van der Waals surface area contributed by atoms with E-state index in [2.05, 4.69) is 33.1 Å². The molecular formula is C19H27IN4O2S. The summed E-state index contributed by atoms with van der Waals surface area (Å²) in [5.74, 6) is 0.755. The van der Waals surface area contributed by atoms with E-state index in [1.165, 1.54) is 4.70 Å². The van der Waals surface area contributed by atoms with Gasteiger partial charge in [-0.05, 0) is 36.8 Å². The van der Waals surface area contributed by atoms with E-state index >= 15 is 0 Å². The highest BCUT2D eigenvalue weighted by Crippen LogP contribution is 2.29. The standard InChI is InChI=1S/C19H26N4O2S.HI/c1-20-19(21-10-4-7-18(25)23-14-8-9-14)22-12-15(24)17-11-13-5-2-3-6-16(13)26-17;/h2-3,5-6,11,14-15,24H,4,7-10,12H2,1H3,(H,23,25)(H2,20,21,22);1H. The average molecular weight is 502 g/mol. The zero-order valence-corrected chi connectivity index (χ0v) is 18.6. The van der Waals surface area contributed by atoms with Gasteiger partial charge in [-0.1, -0.05) is 18.2 Å². The molecule has 0 radical (unpaired) electrons. The van der Waals surface area contributed by atoms with Crippen molar-refractivity contribution in [2.75, 3.05) is 20.1 Å². The maximum absolute atomic E-state index is 11.6. The summed E-state index contributed by atoms with van der Waals surface area (Å²) in [5, 5.41) is 20.9. The zero-order chi connectivity index (χ0) is 18.4. The largest absolute Gasteiger partial charge is 0.386 e. The van der Waals surface area contributed by atoms with Crippen molar-refractivity contribution in [3.8, 4) is 0 Å². The first-order valence-corrected chi connectivity index (χ1v) is 9.88. The summed E-state index contributed by atoms with van der Waals surface area (Å²) in [5.41, 5.74) is 0. The first-order chi connectivity index (χ1) is 12.7. The van der Waals surface area contributed by atoms with Crippen molar-refractivity contribution in [2.24, 2.45) is 4.99 Å². The average Bonchev–Trinajstić information content (AvgIpc) is 3.34. The number of amides is 1. The lowest BCUT2D eigenvalue weighted by Crippen LogP contribution is -2.40. The quantitative estimate of drug-likeness (QED) is 0.194. The Morgan fingerprint density at radius 1 is 1.33 bits per heavy atom. The molecule has 1 unspecified atom stereocenters. The molecular weight excluding hydrogens is 475 g/mol. The van der Waals surface area contributed by atoms with Crippen LogP contribution in [0.3, 0.4) is 0 Å². The number of thiophene rings is 1. The SMILES string of the molecule is CN=C(NCCCC(=O)NC1CC1)NCC(O)c1cc2ccccc2s1.I. The van der Waals surface area contributed by atoms with Gasteiger partial charge in [0.15, 0.2) is 5.96 Å². The van der Waals surface area contributed by atoms with Crippen molar-refractivity contribution in [3.05, 3.63) is 35.2 Å². The highest BCUT2D eigenvalue weighted by atomic mass is 127. The van der Waals surface area contributed by atoms with Gasteiger partial charge in [0.05, 0.1) is 0 Å². The molecule has 2 aromatic rings. The number of guanidine groups is 1. The van der Waals surface area contributed by atoms with Gasteiger partial charge < -0.3 is 21.1 Å². The van der Waals surface area contributed by atoms with Gasteiger partial charge in [0, 0.05) is 42.2 Å². The molecule has 0 spiro atoms. The Labute approximate surface area is 180 Å². The molecule has 1 aromatic heterocycles. The Hall–Kier alpha value is -1.39. The van der Waals surface area contributed by atoms with E-state index in [4.69, 9.17) is 0 Å². The highest BCUT2D eigenvalue weighted by molar-refractivity contribution is 14.0. The molecule has 1 heterocycles. The Morgan fingerprint density at radius 2 is 2.11 bits per heavy atom. The topological polar surface area (TPSA) is 85.8 Å². The second kappa shape index (κ2) is 10.8. The molecule has 3 rings (SSSR count). The van der Waals surface area contributed by atoms with Crippen LogP contribution in [-0.2, 0) is 4.79 Å². The molecule has 1 aliphatic rings. The summed E-state index contributed by atoms with van der Waals surface area (Å²) in [6.45, 7) is 1.05. The number of benzene rings is 1. The van der Waals surface area contributed by atoms with Crippen molar-refractivity contribution in [2.45, 2.75) is 37.8 Å². The maximum Gasteiger partial charge on any atom is 0.220 e. The maximum atomic E-state index is 11.6. The number of carbonyl (C=O) groups excluding carboxylic acids is 1. The molecule has 1 atom stereocenters. The number of rotatable bonds is 8. The van der Waals surface area contributed by atoms with Crippen LogP contribution >= 0.6 is 35.3 Å². The molecule has 1 amide bonds. The molecule has 4 N–H and O–H groups in total. The van der Waals surface area contributed by atoms with Gasteiger partial charge in [0.25, 0.3) is 0 Å². The van der Waals surface area contributed by atoms with Crippen LogP contribution in [-0.4, -0.2) is 43.2 Å². The number of nitrogens with one attached hydrogen (secondary N) is 3. The number of aliphatic hydroxyl groups excluding tert-OH is 1. The van der Waals surface area contributed by atoms with Crippen LogP contribution in [0, 0.1) is 0 Å². The van der Waals surface area contributed by atoms with E-state index in [1.807, 2.05) is 18.2 Å². The number of aliphatic hydroxyl groups is 1. The summed E-state index contributed by atoms with van der Waals surface area (Å²) < 4.78 is 1.17. The predicted octanol–water partition coefficient (Wildman–Crippen LogP) is 2.78. The lowest BCUT2D eigenvalue weighted by molar-refractivity contribution is -0.121. The number of carbonyl (C=O) groups is 1. The minimum Gasteiger partial charge on any atom is -0.386 e. The van der Waals surface area contributed by atoms with E-state index in [-0.39, 0.29) is 29.9 Å². The monoisotopic (exact) mass is 502 g/mol. The molecule has 6 nitrogen and oxygen atoms in total. The Balaban J connectivity index is 0.00000261. The van der Waals surface area contributed by atoms with Gasteiger partial charge in [-0.15, -0.1) is 35.3 Å². The molecule has 1 fully saturated rings. The summed E-state index contributed by atoms with van der Waals surface area (Å²) in [4.78, 5) is 16.7. The molecule has 0 saturated heterocycles. The van der Waals surface area contributed by atoms with Gasteiger partial charge in [0.2, 0.25) is 5.91 Å². The van der Waals surface area contributed by atoms with Gasteiger partial charge in [-0.2, -0.15) is 0 Å². The van der Waals surface area contributed by atoms with Crippen molar-refractivity contribution in [1.29, 1.82) is 0 Å². The van der Waals surface area contributed by atoms with Gasteiger partial charge >= 0.3 is 0 Å². The fourth-order valence-electron chi connectivity index (χ4n) is 2.66. The Morgan fingerprint density at radius 3 is 2.81 bits per heavy atom. The smallest absolute Gasteiger partial charge is 0.220 e. The van der Waals surface area contributed by atoms with Crippen LogP contribution in [0.1, 0.15) is 36.7 Å².